The van der Waals surface area contributed by atoms with Crippen LogP contribution in [0.2, 0.25) is 0 Å². The lowest BCUT2D eigenvalue weighted by atomic mass is 9.77. The highest BCUT2D eigenvalue weighted by Crippen LogP contribution is 2.35. The van der Waals surface area contributed by atoms with Crippen molar-refractivity contribution in [2.24, 2.45) is 10.8 Å². The average molecular weight is 359 g/mol. The van der Waals surface area contributed by atoms with Gasteiger partial charge in [-0.25, -0.2) is 0 Å². The second-order valence-electron chi connectivity index (χ2n) is 10.1. The Morgan fingerprint density at radius 1 is 0.731 bits per heavy atom. The summed E-state index contributed by atoms with van der Waals surface area (Å²) in [6.45, 7) is 8.65. The molecule has 4 heteroatoms. The van der Waals surface area contributed by atoms with Crippen LogP contribution in [0, 0.1) is 10.8 Å². The van der Waals surface area contributed by atoms with E-state index in [0.717, 1.165) is 37.1 Å². The monoisotopic (exact) mass is 358 g/mol. The Morgan fingerprint density at radius 3 is 1.46 bits per heavy atom. The molecule has 3 aliphatic rings. The average Bonchev–Trinajstić information content (AvgIpc) is 2.45. The van der Waals surface area contributed by atoms with E-state index < -0.39 is 0 Å². The number of carbonyl (C=O) groups excluding carboxylic acids is 2. The highest BCUT2D eigenvalue weighted by Gasteiger charge is 2.33. The first-order valence-corrected chi connectivity index (χ1v) is 10.1. The summed E-state index contributed by atoms with van der Waals surface area (Å²) in [5.74, 6) is 0.456. The standard InChI is InChI=1S/C22H34N2O2/c1-21(2)11-15(9-17(25)13-21)23-19-7-5-6-8-20(19)24-16-10-18(26)14-22(3,4)12-16/h9-10,19-20,23-24H,5-8,11-14H2,1-4H3/t19-,20-/m0/s1. The molecule has 26 heavy (non-hydrogen) atoms. The molecule has 0 unspecified atom stereocenters. The van der Waals surface area contributed by atoms with Gasteiger partial charge in [-0.05, 0) is 36.5 Å². The van der Waals surface area contributed by atoms with E-state index in [1.807, 2.05) is 12.2 Å². The molecule has 144 valence electrons. The Labute approximate surface area is 157 Å². The molecule has 0 heterocycles. The van der Waals surface area contributed by atoms with Crippen molar-refractivity contribution in [2.45, 2.75) is 91.1 Å². The lowest BCUT2D eigenvalue weighted by Gasteiger charge is -2.39. The fraction of sp³-hybridized carbons (Fsp3) is 0.727. The SMILES string of the molecule is CC1(C)CC(=O)C=C(N[C@H]2CCCC[C@@H]2NC2=CC(=O)CC(C)(C)C2)C1. The van der Waals surface area contributed by atoms with E-state index in [9.17, 15) is 9.59 Å². The van der Waals surface area contributed by atoms with E-state index in [1.165, 1.54) is 12.8 Å². The molecule has 0 aliphatic heterocycles. The molecule has 0 aromatic rings. The number of nitrogens with one attached hydrogen (secondary N) is 2. The molecule has 1 saturated carbocycles. The van der Waals surface area contributed by atoms with Crippen molar-refractivity contribution in [1.29, 1.82) is 0 Å². The lowest BCUT2D eigenvalue weighted by Crippen LogP contribution is -2.50. The van der Waals surface area contributed by atoms with Crippen LogP contribution in [0.15, 0.2) is 23.5 Å². The van der Waals surface area contributed by atoms with E-state index in [2.05, 4.69) is 38.3 Å². The second kappa shape index (κ2) is 7.21. The molecule has 3 aliphatic carbocycles. The van der Waals surface area contributed by atoms with Crippen molar-refractivity contribution in [3.05, 3.63) is 23.5 Å². The van der Waals surface area contributed by atoms with Gasteiger partial charge in [0.2, 0.25) is 0 Å². The number of carbonyl (C=O) groups is 2. The third kappa shape index (κ3) is 4.99. The van der Waals surface area contributed by atoms with Gasteiger partial charge in [0.15, 0.2) is 11.6 Å². The summed E-state index contributed by atoms with van der Waals surface area (Å²) in [5, 5.41) is 7.36. The van der Waals surface area contributed by atoms with Gasteiger partial charge in [-0.2, -0.15) is 0 Å². The van der Waals surface area contributed by atoms with Crippen LogP contribution in [0.1, 0.15) is 79.1 Å². The first kappa shape index (κ1) is 19.2. The first-order valence-electron chi connectivity index (χ1n) is 10.1. The Morgan fingerprint density at radius 2 is 1.12 bits per heavy atom. The van der Waals surface area contributed by atoms with Crippen molar-refractivity contribution < 1.29 is 9.59 Å². The minimum absolute atomic E-state index is 0.0358. The molecule has 0 spiro atoms. The van der Waals surface area contributed by atoms with Crippen LogP contribution in [-0.4, -0.2) is 23.7 Å². The Balaban J connectivity index is 1.69. The molecule has 0 aromatic heterocycles. The van der Waals surface area contributed by atoms with Gasteiger partial charge in [0.05, 0.1) is 0 Å². The number of hydrogen-bond acceptors (Lipinski definition) is 4. The van der Waals surface area contributed by atoms with Crippen LogP contribution in [0.25, 0.3) is 0 Å². The predicted molar refractivity (Wildman–Crippen MR) is 105 cm³/mol. The summed E-state index contributed by atoms with van der Waals surface area (Å²) in [6, 6.07) is 0.635. The van der Waals surface area contributed by atoms with Crippen molar-refractivity contribution in [1.82, 2.24) is 10.6 Å². The molecule has 1 fully saturated rings. The molecule has 0 bridgehead atoms. The van der Waals surface area contributed by atoms with Gasteiger partial charge in [-0.15, -0.1) is 0 Å². The molecule has 4 nitrogen and oxygen atoms in total. The van der Waals surface area contributed by atoms with Gasteiger partial charge in [0.1, 0.15) is 0 Å². The van der Waals surface area contributed by atoms with Gasteiger partial charge in [0, 0.05) is 48.5 Å². The zero-order valence-electron chi connectivity index (χ0n) is 16.8. The van der Waals surface area contributed by atoms with Crippen molar-refractivity contribution >= 4 is 11.6 Å². The Hall–Kier alpha value is -1.58. The van der Waals surface area contributed by atoms with Gasteiger partial charge >= 0.3 is 0 Å². The molecule has 3 rings (SSSR count). The summed E-state index contributed by atoms with van der Waals surface area (Å²) >= 11 is 0. The van der Waals surface area contributed by atoms with E-state index in [-0.39, 0.29) is 22.4 Å². The Bertz CT molecular complexity index is 587. The van der Waals surface area contributed by atoms with Crippen molar-refractivity contribution in [3.63, 3.8) is 0 Å². The molecule has 0 radical (unpaired) electrons. The van der Waals surface area contributed by atoms with Crippen molar-refractivity contribution in [3.8, 4) is 0 Å². The van der Waals surface area contributed by atoms with Crippen molar-refractivity contribution in [2.75, 3.05) is 0 Å². The molecule has 2 N–H and O–H groups in total. The van der Waals surface area contributed by atoms with Gasteiger partial charge in [-0.1, -0.05) is 40.5 Å². The van der Waals surface area contributed by atoms with E-state index in [0.29, 0.717) is 24.9 Å². The summed E-state index contributed by atoms with van der Waals surface area (Å²) in [5.41, 5.74) is 2.24. The smallest absolute Gasteiger partial charge is 0.157 e. The summed E-state index contributed by atoms with van der Waals surface area (Å²) in [6.07, 6.45) is 11.4. The molecule has 0 aromatic carbocycles. The largest absolute Gasteiger partial charge is 0.383 e. The van der Waals surface area contributed by atoms with Gasteiger partial charge < -0.3 is 10.6 Å². The highest BCUT2D eigenvalue weighted by molar-refractivity contribution is 5.92. The summed E-state index contributed by atoms with van der Waals surface area (Å²) in [4.78, 5) is 24.1. The normalized spacial score (nSPS) is 31.1. The molecular formula is C22H34N2O2. The lowest BCUT2D eigenvalue weighted by molar-refractivity contribution is -0.118. The third-order valence-corrected chi connectivity index (χ3v) is 5.82. The maximum atomic E-state index is 12.1. The fourth-order valence-corrected chi connectivity index (χ4v) is 4.83. The topological polar surface area (TPSA) is 58.2 Å². The summed E-state index contributed by atoms with van der Waals surface area (Å²) < 4.78 is 0. The van der Waals surface area contributed by atoms with E-state index in [1.54, 1.807) is 0 Å². The van der Waals surface area contributed by atoms with E-state index in [4.69, 9.17) is 0 Å². The van der Waals surface area contributed by atoms with Gasteiger partial charge in [0.25, 0.3) is 0 Å². The minimum Gasteiger partial charge on any atom is -0.383 e. The number of hydrogen-bond donors (Lipinski definition) is 2. The quantitative estimate of drug-likeness (QED) is 0.797. The van der Waals surface area contributed by atoms with Crippen LogP contribution < -0.4 is 10.6 Å². The third-order valence-electron chi connectivity index (χ3n) is 5.82. The van der Waals surface area contributed by atoms with E-state index >= 15 is 0 Å². The van der Waals surface area contributed by atoms with Crippen LogP contribution >= 0.6 is 0 Å². The molecule has 0 saturated heterocycles. The van der Waals surface area contributed by atoms with Crippen LogP contribution in [-0.2, 0) is 9.59 Å². The zero-order valence-corrected chi connectivity index (χ0v) is 16.8. The Kier molecular flexibility index (Phi) is 5.32. The molecule has 0 amide bonds. The zero-order chi connectivity index (χ0) is 18.9. The second-order valence-corrected chi connectivity index (χ2v) is 10.1. The number of ketones is 2. The number of rotatable bonds is 4. The summed E-state index contributed by atoms with van der Waals surface area (Å²) in [7, 11) is 0. The fourth-order valence-electron chi connectivity index (χ4n) is 4.83. The number of allylic oxidation sites excluding steroid dienone is 4. The minimum atomic E-state index is 0.0358. The maximum absolute atomic E-state index is 12.1. The molecule has 2 atom stereocenters. The van der Waals surface area contributed by atoms with Crippen LogP contribution in [0.4, 0.5) is 0 Å². The molecular weight excluding hydrogens is 324 g/mol. The highest BCUT2D eigenvalue weighted by atomic mass is 16.1. The first-order chi connectivity index (χ1) is 12.1. The van der Waals surface area contributed by atoms with Crippen LogP contribution in [0.3, 0.4) is 0 Å². The van der Waals surface area contributed by atoms with Crippen LogP contribution in [0.5, 0.6) is 0 Å². The maximum Gasteiger partial charge on any atom is 0.157 e. The van der Waals surface area contributed by atoms with Gasteiger partial charge in [-0.3, -0.25) is 9.59 Å². The predicted octanol–water partition coefficient (Wildman–Crippen LogP) is 4.02.